The van der Waals surface area contributed by atoms with Crippen molar-refractivity contribution in [2.75, 3.05) is 13.2 Å². The quantitative estimate of drug-likeness (QED) is 0.377. The lowest BCUT2D eigenvalue weighted by Gasteiger charge is -2.03. The third-order valence-electron chi connectivity index (χ3n) is 1.50. The summed E-state index contributed by atoms with van der Waals surface area (Å²) in [6.45, 7) is 2.64. The molecule has 0 N–H and O–H groups in total. The number of unbranched alkanes of at least 4 members (excludes halogenated alkanes) is 1. The van der Waals surface area contributed by atoms with Crippen molar-refractivity contribution < 1.29 is 19.1 Å². The van der Waals surface area contributed by atoms with Crippen molar-refractivity contribution >= 4 is 23.0 Å². The minimum absolute atomic E-state index is 0.158. The SMILES string of the molecule is CCCCOC(=O)CCCOC(=O)Cl. The molecule has 0 heterocycles. The highest BCUT2D eigenvalue weighted by Crippen LogP contribution is 1.97. The van der Waals surface area contributed by atoms with Gasteiger partial charge in [-0.25, -0.2) is 4.79 Å². The summed E-state index contributed by atoms with van der Waals surface area (Å²) in [5.74, 6) is -0.260. The number of ether oxygens (including phenoxy) is 2. The Morgan fingerprint density at radius 1 is 1.14 bits per heavy atom. The molecule has 0 bridgehead atoms. The molecule has 0 unspecified atom stereocenters. The number of halogens is 1. The zero-order valence-corrected chi connectivity index (χ0v) is 9.01. The van der Waals surface area contributed by atoms with Crippen LogP contribution in [0.15, 0.2) is 0 Å². The summed E-state index contributed by atoms with van der Waals surface area (Å²) in [6, 6.07) is 0. The first kappa shape index (κ1) is 13.2. The molecule has 4 nitrogen and oxygen atoms in total. The van der Waals surface area contributed by atoms with Gasteiger partial charge in [0.25, 0.3) is 0 Å². The molecule has 0 rings (SSSR count). The molecule has 0 saturated heterocycles. The summed E-state index contributed by atoms with van der Waals surface area (Å²) in [7, 11) is 0. The van der Waals surface area contributed by atoms with Crippen molar-refractivity contribution in [2.24, 2.45) is 0 Å². The summed E-state index contributed by atoms with van der Waals surface area (Å²) in [5, 5.41) is 0. The number of hydrogen-bond acceptors (Lipinski definition) is 4. The van der Waals surface area contributed by atoms with Gasteiger partial charge in [-0.15, -0.1) is 0 Å². The van der Waals surface area contributed by atoms with Gasteiger partial charge in [0, 0.05) is 18.0 Å². The standard InChI is InChI=1S/C9H15ClO4/c1-2-3-6-13-8(11)5-4-7-14-9(10)12/h2-7H2,1H3. The summed E-state index contributed by atoms with van der Waals surface area (Å²) in [5.41, 5.74) is -0.843. The third-order valence-corrected chi connectivity index (χ3v) is 1.61. The van der Waals surface area contributed by atoms with Crippen LogP contribution in [0.25, 0.3) is 0 Å². The summed E-state index contributed by atoms with van der Waals surface area (Å²) >= 11 is 4.92. The minimum atomic E-state index is -0.843. The fourth-order valence-electron chi connectivity index (χ4n) is 0.771. The van der Waals surface area contributed by atoms with Gasteiger partial charge in [0.1, 0.15) is 0 Å². The first-order valence-electron chi connectivity index (χ1n) is 4.64. The van der Waals surface area contributed by atoms with Crippen LogP contribution in [0.2, 0.25) is 0 Å². The molecule has 0 aliphatic rings. The first-order valence-corrected chi connectivity index (χ1v) is 5.02. The average molecular weight is 223 g/mol. The van der Waals surface area contributed by atoms with Gasteiger partial charge < -0.3 is 9.47 Å². The van der Waals surface area contributed by atoms with Crippen molar-refractivity contribution in [1.29, 1.82) is 0 Å². The molecule has 5 heteroatoms. The van der Waals surface area contributed by atoms with Crippen LogP contribution in [0, 0.1) is 0 Å². The number of rotatable bonds is 7. The smallest absolute Gasteiger partial charge is 0.403 e. The largest absolute Gasteiger partial charge is 0.466 e. The molecule has 14 heavy (non-hydrogen) atoms. The second-order valence-electron chi connectivity index (χ2n) is 2.76. The molecule has 0 atom stereocenters. The Bertz CT molecular complexity index is 182. The monoisotopic (exact) mass is 222 g/mol. The van der Waals surface area contributed by atoms with Crippen molar-refractivity contribution in [1.82, 2.24) is 0 Å². The van der Waals surface area contributed by atoms with Crippen LogP contribution in [0.3, 0.4) is 0 Å². The van der Waals surface area contributed by atoms with E-state index in [0.717, 1.165) is 12.8 Å². The molecule has 0 aromatic heterocycles. The van der Waals surface area contributed by atoms with E-state index in [0.29, 0.717) is 13.0 Å². The Morgan fingerprint density at radius 3 is 2.36 bits per heavy atom. The predicted molar refractivity (Wildman–Crippen MR) is 52.3 cm³/mol. The van der Waals surface area contributed by atoms with Gasteiger partial charge in [-0.2, -0.15) is 0 Å². The predicted octanol–water partition coefficient (Wildman–Crippen LogP) is 2.49. The second kappa shape index (κ2) is 8.81. The highest BCUT2D eigenvalue weighted by Gasteiger charge is 2.03. The van der Waals surface area contributed by atoms with Crippen molar-refractivity contribution in [3.05, 3.63) is 0 Å². The molecule has 82 valence electrons. The van der Waals surface area contributed by atoms with Gasteiger partial charge in [0.05, 0.1) is 13.2 Å². The van der Waals surface area contributed by atoms with E-state index in [-0.39, 0.29) is 19.0 Å². The van der Waals surface area contributed by atoms with E-state index < -0.39 is 5.43 Å². The number of carbonyl (C=O) groups is 2. The topological polar surface area (TPSA) is 52.6 Å². The molecular formula is C9H15ClO4. The highest BCUT2D eigenvalue weighted by atomic mass is 35.5. The Labute approximate surface area is 88.5 Å². The molecule has 0 radical (unpaired) electrons. The van der Waals surface area contributed by atoms with Crippen LogP contribution < -0.4 is 0 Å². The zero-order valence-electron chi connectivity index (χ0n) is 8.25. The van der Waals surface area contributed by atoms with E-state index in [9.17, 15) is 9.59 Å². The number of esters is 1. The van der Waals surface area contributed by atoms with Crippen molar-refractivity contribution in [3.63, 3.8) is 0 Å². The van der Waals surface area contributed by atoms with Crippen LogP contribution in [-0.2, 0) is 14.3 Å². The van der Waals surface area contributed by atoms with E-state index in [1.54, 1.807) is 0 Å². The summed E-state index contributed by atoms with van der Waals surface area (Å²) < 4.78 is 9.31. The van der Waals surface area contributed by atoms with Gasteiger partial charge >= 0.3 is 11.4 Å². The van der Waals surface area contributed by atoms with E-state index >= 15 is 0 Å². The van der Waals surface area contributed by atoms with E-state index in [4.69, 9.17) is 16.3 Å². The molecule has 0 saturated carbocycles. The van der Waals surface area contributed by atoms with Gasteiger partial charge in [-0.1, -0.05) is 13.3 Å². The average Bonchev–Trinajstić information content (AvgIpc) is 2.13. The minimum Gasteiger partial charge on any atom is -0.466 e. The maximum absolute atomic E-state index is 11.0. The summed E-state index contributed by atoms with van der Waals surface area (Å²) in [4.78, 5) is 21.1. The fourth-order valence-corrected chi connectivity index (χ4v) is 0.849. The van der Waals surface area contributed by atoms with Crippen LogP contribution in [0.1, 0.15) is 32.6 Å². The molecule has 0 spiro atoms. The van der Waals surface area contributed by atoms with Crippen LogP contribution in [-0.4, -0.2) is 24.6 Å². The molecule has 0 aliphatic carbocycles. The number of carbonyl (C=O) groups excluding carboxylic acids is 2. The van der Waals surface area contributed by atoms with Gasteiger partial charge in [-0.05, 0) is 12.8 Å². The van der Waals surface area contributed by atoms with Crippen LogP contribution >= 0.6 is 11.6 Å². The van der Waals surface area contributed by atoms with Gasteiger partial charge in [-0.3, -0.25) is 4.79 Å². The van der Waals surface area contributed by atoms with Crippen LogP contribution in [0.5, 0.6) is 0 Å². The van der Waals surface area contributed by atoms with E-state index in [1.807, 2.05) is 6.92 Å². The Balaban J connectivity index is 3.22. The lowest BCUT2D eigenvalue weighted by molar-refractivity contribution is -0.144. The maximum atomic E-state index is 11.0. The van der Waals surface area contributed by atoms with Crippen LogP contribution in [0.4, 0.5) is 4.79 Å². The Kier molecular flexibility index (Phi) is 8.33. The van der Waals surface area contributed by atoms with Crippen molar-refractivity contribution in [2.45, 2.75) is 32.6 Å². The normalized spacial score (nSPS) is 9.57. The molecule has 0 amide bonds. The molecule has 0 aromatic carbocycles. The second-order valence-corrected chi connectivity index (χ2v) is 3.07. The zero-order chi connectivity index (χ0) is 10.8. The Hall–Kier alpha value is -0.770. The number of hydrogen-bond donors (Lipinski definition) is 0. The molecule has 0 fully saturated rings. The van der Waals surface area contributed by atoms with Crippen molar-refractivity contribution in [3.8, 4) is 0 Å². The molecule has 0 aromatic rings. The Morgan fingerprint density at radius 2 is 1.79 bits per heavy atom. The highest BCUT2D eigenvalue weighted by molar-refractivity contribution is 6.61. The molecule has 0 aliphatic heterocycles. The lowest BCUT2D eigenvalue weighted by atomic mass is 10.3. The summed E-state index contributed by atoms with van der Waals surface area (Å²) in [6.07, 6.45) is 2.58. The maximum Gasteiger partial charge on any atom is 0.403 e. The van der Waals surface area contributed by atoms with E-state index in [1.165, 1.54) is 0 Å². The lowest BCUT2D eigenvalue weighted by Crippen LogP contribution is -2.07. The molecular weight excluding hydrogens is 208 g/mol. The third kappa shape index (κ3) is 9.32. The van der Waals surface area contributed by atoms with Gasteiger partial charge in [0.15, 0.2) is 0 Å². The van der Waals surface area contributed by atoms with E-state index in [2.05, 4.69) is 4.74 Å². The fraction of sp³-hybridized carbons (Fsp3) is 0.778. The van der Waals surface area contributed by atoms with Gasteiger partial charge in [0.2, 0.25) is 0 Å². The first-order chi connectivity index (χ1) is 6.66.